The third-order valence-corrected chi connectivity index (χ3v) is 3.08. The molecule has 1 heterocycles. The molecule has 1 aliphatic rings. The summed E-state index contributed by atoms with van der Waals surface area (Å²) in [5.41, 5.74) is 1.89. The number of aliphatic hydroxyl groups excluding tert-OH is 1. The first kappa shape index (κ1) is 13.8. The Balaban J connectivity index is 1.90. The average Bonchev–Trinajstić information content (AvgIpc) is 2.40. The minimum absolute atomic E-state index is 0.106. The van der Waals surface area contributed by atoms with Gasteiger partial charge in [-0.25, -0.2) is 0 Å². The number of rotatable bonds is 6. The molecular formula is C14H20N2O3. The minimum atomic E-state index is -0.432. The first-order valence-corrected chi connectivity index (χ1v) is 6.62. The van der Waals surface area contributed by atoms with E-state index in [0.717, 1.165) is 42.9 Å². The van der Waals surface area contributed by atoms with Crippen LogP contribution in [-0.2, 0) is 11.2 Å². The van der Waals surface area contributed by atoms with Crippen LogP contribution in [-0.4, -0.2) is 36.8 Å². The van der Waals surface area contributed by atoms with E-state index in [1.807, 2.05) is 18.2 Å². The third-order valence-electron chi connectivity index (χ3n) is 3.08. The number of nitrogens with one attached hydrogen (secondary N) is 2. The number of amides is 1. The van der Waals surface area contributed by atoms with E-state index in [4.69, 9.17) is 9.84 Å². The Bertz CT molecular complexity index is 448. The zero-order valence-corrected chi connectivity index (χ0v) is 11.1. The van der Waals surface area contributed by atoms with Crippen LogP contribution in [0.25, 0.3) is 0 Å². The monoisotopic (exact) mass is 264 g/mol. The first-order valence-electron chi connectivity index (χ1n) is 6.62. The zero-order valence-electron chi connectivity index (χ0n) is 11.1. The Morgan fingerprint density at radius 2 is 2.26 bits per heavy atom. The topological polar surface area (TPSA) is 70.6 Å². The van der Waals surface area contributed by atoms with E-state index in [2.05, 4.69) is 10.6 Å². The fourth-order valence-corrected chi connectivity index (χ4v) is 1.97. The van der Waals surface area contributed by atoms with Gasteiger partial charge in [-0.3, -0.25) is 4.79 Å². The lowest BCUT2D eigenvalue weighted by molar-refractivity contribution is -0.122. The van der Waals surface area contributed by atoms with Crippen LogP contribution in [0.1, 0.15) is 18.9 Å². The summed E-state index contributed by atoms with van der Waals surface area (Å²) in [6, 6.07) is 5.86. The second-order valence-electron chi connectivity index (χ2n) is 4.66. The Kier molecular flexibility index (Phi) is 4.76. The highest BCUT2D eigenvalue weighted by molar-refractivity contribution is 5.97. The summed E-state index contributed by atoms with van der Waals surface area (Å²) < 4.78 is 5.50. The molecule has 1 aromatic carbocycles. The van der Waals surface area contributed by atoms with E-state index in [-0.39, 0.29) is 12.5 Å². The fraction of sp³-hybridized carbons (Fsp3) is 0.500. The summed E-state index contributed by atoms with van der Waals surface area (Å²) in [6.07, 6.45) is 1.22. The van der Waals surface area contributed by atoms with Crippen molar-refractivity contribution in [1.82, 2.24) is 5.32 Å². The Labute approximate surface area is 113 Å². The van der Waals surface area contributed by atoms with Crippen molar-refractivity contribution in [2.24, 2.45) is 0 Å². The molecule has 1 aromatic rings. The summed E-state index contributed by atoms with van der Waals surface area (Å²) in [5, 5.41) is 14.8. The quantitative estimate of drug-likeness (QED) is 0.668. The molecule has 3 N–H and O–H groups in total. The van der Waals surface area contributed by atoms with Crippen molar-refractivity contribution in [3.8, 4) is 5.75 Å². The smallest absolute Gasteiger partial charge is 0.265 e. The van der Waals surface area contributed by atoms with Crippen LogP contribution in [0.4, 0.5) is 5.69 Å². The van der Waals surface area contributed by atoms with Crippen molar-refractivity contribution < 1.29 is 14.6 Å². The summed E-state index contributed by atoms with van der Waals surface area (Å²) in [7, 11) is 0. The Morgan fingerprint density at radius 3 is 3.05 bits per heavy atom. The van der Waals surface area contributed by atoms with Gasteiger partial charge in [0, 0.05) is 6.61 Å². The van der Waals surface area contributed by atoms with Gasteiger partial charge in [0.25, 0.3) is 5.91 Å². The third kappa shape index (κ3) is 3.68. The molecule has 5 nitrogen and oxygen atoms in total. The van der Waals surface area contributed by atoms with Gasteiger partial charge in [-0.1, -0.05) is 6.07 Å². The van der Waals surface area contributed by atoms with Gasteiger partial charge in [-0.15, -0.1) is 0 Å². The van der Waals surface area contributed by atoms with Gasteiger partial charge in [-0.05, 0) is 50.6 Å². The SMILES string of the molecule is CC1Oc2ccc(CCNCCCO)cc2NC1=O. The molecule has 1 unspecified atom stereocenters. The van der Waals surface area contributed by atoms with Gasteiger partial charge in [0.2, 0.25) is 0 Å². The Hall–Kier alpha value is -1.59. The van der Waals surface area contributed by atoms with Gasteiger partial charge in [0.1, 0.15) is 5.75 Å². The van der Waals surface area contributed by atoms with Crippen molar-refractivity contribution in [2.75, 3.05) is 25.0 Å². The van der Waals surface area contributed by atoms with Crippen molar-refractivity contribution in [3.63, 3.8) is 0 Å². The molecule has 0 aromatic heterocycles. The highest BCUT2D eigenvalue weighted by Crippen LogP contribution is 2.30. The number of hydrogen-bond donors (Lipinski definition) is 3. The van der Waals surface area contributed by atoms with Crippen molar-refractivity contribution in [2.45, 2.75) is 25.9 Å². The molecule has 5 heteroatoms. The van der Waals surface area contributed by atoms with Crippen LogP contribution in [0.3, 0.4) is 0 Å². The maximum Gasteiger partial charge on any atom is 0.265 e. The van der Waals surface area contributed by atoms with Crippen molar-refractivity contribution >= 4 is 11.6 Å². The van der Waals surface area contributed by atoms with Gasteiger partial charge in [-0.2, -0.15) is 0 Å². The fourth-order valence-electron chi connectivity index (χ4n) is 1.97. The number of hydrogen-bond acceptors (Lipinski definition) is 4. The predicted molar refractivity (Wildman–Crippen MR) is 73.4 cm³/mol. The second kappa shape index (κ2) is 6.54. The number of benzene rings is 1. The molecule has 0 saturated carbocycles. The molecule has 1 amide bonds. The molecule has 1 atom stereocenters. The van der Waals surface area contributed by atoms with Gasteiger partial charge in [0.15, 0.2) is 6.10 Å². The van der Waals surface area contributed by atoms with E-state index in [0.29, 0.717) is 0 Å². The number of aliphatic hydroxyl groups is 1. The average molecular weight is 264 g/mol. The molecule has 2 rings (SSSR count). The number of anilines is 1. The van der Waals surface area contributed by atoms with Crippen LogP contribution in [0.2, 0.25) is 0 Å². The molecule has 0 bridgehead atoms. The maximum absolute atomic E-state index is 11.5. The summed E-state index contributed by atoms with van der Waals surface area (Å²) in [4.78, 5) is 11.5. The largest absolute Gasteiger partial charge is 0.479 e. The predicted octanol–water partition coefficient (Wildman–Crippen LogP) is 0.920. The highest BCUT2D eigenvalue weighted by Gasteiger charge is 2.23. The second-order valence-corrected chi connectivity index (χ2v) is 4.66. The molecule has 0 spiro atoms. The van der Waals surface area contributed by atoms with E-state index < -0.39 is 6.10 Å². The zero-order chi connectivity index (χ0) is 13.7. The molecular weight excluding hydrogens is 244 g/mol. The number of carbonyl (C=O) groups is 1. The normalized spacial score (nSPS) is 17.6. The van der Waals surface area contributed by atoms with E-state index >= 15 is 0 Å². The van der Waals surface area contributed by atoms with E-state index in [9.17, 15) is 4.79 Å². The van der Waals surface area contributed by atoms with E-state index in [1.165, 1.54) is 0 Å². The van der Waals surface area contributed by atoms with Gasteiger partial charge >= 0.3 is 0 Å². The number of carbonyl (C=O) groups excluding carboxylic acids is 1. The summed E-state index contributed by atoms with van der Waals surface area (Å²) in [6.45, 7) is 3.62. The van der Waals surface area contributed by atoms with Gasteiger partial charge < -0.3 is 20.5 Å². The highest BCUT2D eigenvalue weighted by atomic mass is 16.5. The van der Waals surface area contributed by atoms with E-state index in [1.54, 1.807) is 6.92 Å². The molecule has 0 aliphatic carbocycles. The van der Waals surface area contributed by atoms with Crippen LogP contribution in [0.5, 0.6) is 5.75 Å². The summed E-state index contributed by atoms with van der Waals surface area (Å²) in [5.74, 6) is 0.620. The van der Waals surface area contributed by atoms with Crippen LogP contribution in [0, 0.1) is 0 Å². The van der Waals surface area contributed by atoms with Crippen molar-refractivity contribution in [1.29, 1.82) is 0 Å². The van der Waals surface area contributed by atoms with Crippen LogP contribution >= 0.6 is 0 Å². The first-order chi connectivity index (χ1) is 9.20. The number of fused-ring (bicyclic) bond motifs is 1. The lowest BCUT2D eigenvalue weighted by Crippen LogP contribution is -2.34. The maximum atomic E-state index is 11.5. The summed E-state index contributed by atoms with van der Waals surface area (Å²) >= 11 is 0. The lowest BCUT2D eigenvalue weighted by Gasteiger charge is -2.23. The Morgan fingerprint density at radius 1 is 1.42 bits per heavy atom. The van der Waals surface area contributed by atoms with Crippen LogP contribution in [0.15, 0.2) is 18.2 Å². The molecule has 104 valence electrons. The minimum Gasteiger partial charge on any atom is -0.479 e. The lowest BCUT2D eigenvalue weighted by atomic mass is 10.1. The molecule has 1 aliphatic heterocycles. The van der Waals surface area contributed by atoms with Crippen LogP contribution < -0.4 is 15.4 Å². The molecule has 0 radical (unpaired) electrons. The molecule has 0 saturated heterocycles. The molecule has 0 fully saturated rings. The number of ether oxygens (including phenoxy) is 1. The standard InChI is InChI=1S/C14H20N2O3/c1-10-14(18)16-12-9-11(3-4-13(12)19-10)5-7-15-6-2-8-17/h3-4,9-10,15,17H,2,5-8H2,1H3,(H,16,18). The molecule has 19 heavy (non-hydrogen) atoms. The van der Waals surface area contributed by atoms with Crippen molar-refractivity contribution in [3.05, 3.63) is 23.8 Å². The van der Waals surface area contributed by atoms with Gasteiger partial charge in [0.05, 0.1) is 5.69 Å².